The van der Waals surface area contributed by atoms with Gasteiger partial charge in [-0.3, -0.25) is 9.69 Å². The summed E-state index contributed by atoms with van der Waals surface area (Å²) in [5.74, 6) is -0.512. The zero-order valence-corrected chi connectivity index (χ0v) is 9.43. The first kappa shape index (κ1) is 12.7. The zero-order valence-electron chi connectivity index (χ0n) is 9.43. The van der Waals surface area contributed by atoms with Crippen LogP contribution in [0, 0.1) is 0 Å². The molecule has 0 unspecified atom stereocenters. The lowest BCUT2D eigenvalue weighted by molar-refractivity contribution is -0.161. The molecule has 4 N–H and O–H groups in total. The van der Waals surface area contributed by atoms with Crippen molar-refractivity contribution in [2.75, 3.05) is 13.7 Å². The summed E-state index contributed by atoms with van der Waals surface area (Å²) in [6.07, 6.45) is -4.51. The van der Waals surface area contributed by atoms with Crippen LogP contribution in [0.4, 0.5) is 0 Å². The van der Waals surface area contributed by atoms with Crippen molar-refractivity contribution >= 4 is 5.97 Å². The lowest BCUT2D eigenvalue weighted by Crippen LogP contribution is -2.63. The minimum atomic E-state index is -1.30. The highest BCUT2D eigenvalue weighted by molar-refractivity contribution is 5.76. The van der Waals surface area contributed by atoms with E-state index in [4.69, 9.17) is 0 Å². The standard InChI is InChI=1S/C10H17NO6/c1-17-10(16)4-2-5(12)7-9(15)8(14)6(13)3-11(4)7/h4-9,12-15H,2-3H2,1H3/t4-,5+,6-,7-,8-,9-/m1/s1. The summed E-state index contributed by atoms with van der Waals surface area (Å²) in [6, 6.07) is -1.42. The number of esters is 1. The fourth-order valence-electron chi connectivity index (χ4n) is 2.73. The Morgan fingerprint density at radius 3 is 2.41 bits per heavy atom. The molecule has 6 atom stereocenters. The minimum Gasteiger partial charge on any atom is -0.468 e. The fraction of sp³-hybridized carbons (Fsp3) is 0.900. The third-order valence-corrected chi connectivity index (χ3v) is 3.61. The Balaban J connectivity index is 2.22. The van der Waals surface area contributed by atoms with Crippen molar-refractivity contribution in [3.8, 4) is 0 Å². The smallest absolute Gasteiger partial charge is 0.323 e. The Kier molecular flexibility index (Phi) is 3.37. The van der Waals surface area contributed by atoms with Gasteiger partial charge in [0.1, 0.15) is 18.2 Å². The lowest BCUT2D eigenvalue weighted by Gasteiger charge is -2.42. The monoisotopic (exact) mass is 247 g/mol. The average Bonchev–Trinajstić information content (AvgIpc) is 2.62. The largest absolute Gasteiger partial charge is 0.468 e. The number of fused-ring (bicyclic) bond motifs is 1. The topological polar surface area (TPSA) is 110 Å². The first-order chi connectivity index (χ1) is 7.97. The molecule has 7 nitrogen and oxygen atoms in total. The summed E-state index contributed by atoms with van der Waals surface area (Å²) in [5, 5.41) is 38.7. The molecule has 0 aromatic heterocycles. The van der Waals surface area contributed by atoms with Crippen LogP contribution in [0.25, 0.3) is 0 Å². The molecule has 2 aliphatic heterocycles. The van der Waals surface area contributed by atoms with Gasteiger partial charge in [-0.2, -0.15) is 0 Å². The van der Waals surface area contributed by atoms with Gasteiger partial charge in [0.2, 0.25) is 0 Å². The second-order valence-corrected chi connectivity index (χ2v) is 4.58. The first-order valence-corrected chi connectivity index (χ1v) is 5.53. The quantitative estimate of drug-likeness (QED) is 0.367. The van der Waals surface area contributed by atoms with Crippen molar-refractivity contribution in [2.45, 2.75) is 42.9 Å². The molecule has 0 aromatic rings. The number of hydrogen-bond acceptors (Lipinski definition) is 7. The maximum Gasteiger partial charge on any atom is 0.323 e. The Hall–Kier alpha value is -0.730. The van der Waals surface area contributed by atoms with Crippen molar-refractivity contribution in [2.24, 2.45) is 0 Å². The molecule has 2 fully saturated rings. The summed E-state index contributed by atoms with van der Waals surface area (Å²) in [5.41, 5.74) is 0. The van der Waals surface area contributed by atoms with E-state index in [9.17, 15) is 25.2 Å². The van der Waals surface area contributed by atoms with Gasteiger partial charge in [0.25, 0.3) is 0 Å². The maximum atomic E-state index is 11.5. The van der Waals surface area contributed by atoms with Gasteiger partial charge < -0.3 is 25.2 Å². The number of methoxy groups -OCH3 is 1. The highest BCUT2D eigenvalue weighted by Gasteiger charge is 2.53. The van der Waals surface area contributed by atoms with Crippen LogP contribution in [-0.4, -0.2) is 81.4 Å². The molecule has 17 heavy (non-hydrogen) atoms. The molecular weight excluding hydrogens is 230 g/mol. The number of aliphatic hydroxyl groups is 4. The van der Waals surface area contributed by atoms with E-state index in [0.717, 1.165) is 0 Å². The number of hydrogen-bond donors (Lipinski definition) is 4. The number of aliphatic hydroxyl groups excluding tert-OH is 4. The van der Waals surface area contributed by atoms with E-state index in [2.05, 4.69) is 4.74 Å². The van der Waals surface area contributed by atoms with Crippen LogP contribution < -0.4 is 0 Å². The van der Waals surface area contributed by atoms with E-state index < -0.39 is 42.5 Å². The Morgan fingerprint density at radius 2 is 1.82 bits per heavy atom. The van der Waals surface area contributed by atoms with Gasteiger partial charge in [-0.1, -0.05) is 0 Å². The molecule has 2 saturated heterocycles. The van der Waals surface area contributed by atoms with Gasteiger partial charge >= 0.3 is 5.97 Å². The number of ether oxygens (including phenoxy) is 1. The van der Waals surface area contributed by atoms with Gasteiger partial charge in [0, 0.05) is 13.0 Å². The SMILES string of the molecule is COC(=O)[C@H]1C[C@H](O)[C@@H]2[C@@H](O)[C@H](O)[C@H](O)CN21. The van der Waals surface area contributed by atoms with Crippen LogP contribution in [0.15, 0.2) is 0 Å². The molecule has 0 aromatic carbocycles. The number of nitrogens with zero attached hydrogens (tertiary/aromatic N) is 1. The molecule has 0 radical (unpaired) electrons. The molecule has 2 heterocycles. The second-order valence-electron chi connectivity index (χ2n) is 4.58. The van der Waals surface area contributed by atoms with E-state index in [1.54, 1.807) is 0 Å². The van der Waals surface area contributed by atoms with Crippen LogP contribution in [-0.2, 0) is 9.53 Å². The van der Waals surface area contributed by atoms with E-state index in [1.807, 2.05) is 0 Å². The minimum absolute atomic E-state index is 0.0275. The van der Waals surface area contributed by atoms with Gasteiger partial charge in [-0.05, 0) is 0 Å². The van der Waals surface area contributed by atoms with Crippen LogP contribution >= 0.6 is 0 Å². The average molecular weight is 247 g/mol. The number of rotatable bonds is 1. The molecule has 7 heteroatoms. The van der Waals surface area contributed by atoms with E-state index in [-0.39, 0.29) is 13.0 Å². The molecule has 0 aliphatic carbocycles. The van der Waals surface area contributed by atoms with Gasteiger partial charge in [0.05, 0.1) is 25.4 Å². The normalized spacial score (nSPS) is 46.6. The van der Waals surface area contributed by atoms with Gasteiger partial charge in [-0.25, -0.2) is 0 Å². The van der Waals surface area contributed by atoms with Crippen LogP contribution in [0.3, 0.4) is 0 Å². The van der Waals surface area contributed by atoms with Gasteiger partial charge in [0.15, 0.2) is 0 Å². The molecule has 0 bridgehead atoms. The van der Waals surface area contributed by atoms with Crippen molar-refractivity contribution in [3.63, 3.8) is 0 Å². The Bertz CT molecular complexity index is 311. The molecule has 2 rings (SSSR count). The Labute approximate surface area is 98.2 Å². The summed E-state index contributed by atoms with van der Waals surface area (Å²) in [6.45, 7) is 0.0275. The zero-order chi connectivity index (χ0) is 12.7. The summed E-state index contributed by atoms with van der Waals surface area (Å²) >= 11 is 0. The molecule has 0 saturated carbocycles. The predicted molar refractivity (Wildman–Crippen MR) is 54.9 cm³/mol. The van der Waals surface area contributed by atoms with Crippen LogP contribution in [0.5, 0.6) is 0 Å². The predicted octanol–water partition coefficient (Wildman–Crippen LogP) is -2.94. The molecular formula is C10H17NO6. The van der Waals surface area contributed by atoms with Gasteiger partial charge in [-0.15, -0.1) is 0 Å². The maximum absolute atomic E-state index is 11.5. The second kappa shape index (κ2) is 4.51. The van der Waals surface area contributed by atoms with Crippen molar-refractivity contribution < 1.29 is 30.0 Å². The fourth-order valence-corrected chi connectivity index (χ4v) is 2.73. The van der Waals surface area contributed by atoms with Crippen molar-refractivity contribution in [3.05, 3.63) is 0 Å². The van der Waals surface area contributed by atoms with Crippen LogP contribution in [0.2, 0.25) is 0 Å². The van der Waals surface area contributed by atoms with E-state index >= 15 is 0 Å². The molecule has 98 valence electrons. The number of piperidine rings is 1. The van der Waals surface area contributed by atoms with Crippen molar-refractivity contribution in [1.29, 1.82) is 0 Å². The first-order valence-electron chi connectivity index (χ1n) is 5.53. The highest BCUT2D eigenvalue weighted by atomic mass is 16.5. The van der Waals surface area contributed by atoms with Crippen LogP contribution in [0.1, 0.15) is 6.42 Å². The molecule has 0 spiro atoms. The number of carbonyl (C=O) groups excluding carboxylic acids is 1. The van der Waals surface area contributed by atoms with E-state index in [1.165, 1.54) is 12.0 Å². The third kappa shape index (κ3) is 1.94. The number of carbonyl (C=O) groups is 1. The van der Waals surface area contributed by atoms with E-state index in [0.29, 0.717) is 0 Å². The lowest BCUT2D eigenvalue weighted by atomic mass is 9.93. The molecule has 0 amide bonds. The third-order valence-electron chi connectivity index (χ3n) is 3.61. The van der Waals surface area contributed by atoms with Crippen molar-refractivity contribution in [1.82, 2.24) is 4.90 Å². The summed E-state index contributed by atoms with van der Waals surface area (Å²) in [4.78, 5) is 13.0. The highest BCUT2D eigenvalue weighted by Crippen LogP contribution is 2.33. The Morgan fingerprint density at radius 1 is 1.18 bits per heavy atom. The summed E-state index contributed by atoms with van der Waals surface area (Å²) < 4.78 is 4.61. The molecule has 2 aliphatic rings. The summed E-state index contributed by atoms with van der Waals surface area (Å²) in [7, 11) is 1.24.